The Morgan fingerprint density at radius 3 is 2.28 bits per heavy atom. The maximum absolute atomic E-state index is 12.7. The van der Waals surface area contributed by atoms with Gasteiger partial charge in [-0.25, -0.2) is 4.39 Å². The molecule has 0 heterocycles. The van der Waals surface area contributed by atoms with Crippen LogP contribution in [0.25, 0.3) is 0 Å². The van der Waals surface area contributed by atoms with Gasteiger partial charge in [-0.05, 0) is 35.9 Å². The van der Waals surface area contributed by atoms with Gasteiger partial charge in [0.25, 0.3) is 0 Å². The van der Waals surface area contributed by atoms with Crippen LogP contribution in [0.1, 0.15) is 16.7 Å². The molecule has 3 heteroatoms. The lowest BCUT2D eigenvalue weighted by Crippen LogP contribution is -1.98. The molecule has 2 aromatic carbocycles. The van der Waals surface area contributed by atoms with Crippen LogP contribution in [-0.2, 0) is 6.54 Å². The predicted octanol–water partition coefficient (Wildman–Crippen LogP) is 3.11. The Bertz CT molecular complexity index is 567. The molecule has 0 spiro atoms. The largest absolute Gasteiger partial charge is 0.326 e. The third-order valence-electron chi connectivity index (χ3n) is 2.42. The van der Waals surface area contributed by atoms with Crippen LogP contribution < -0.4 is 5.73 Å². The molecule has 1 nitrogen and oxygen atoms in total. The fraction of sp³-hybridized carbons (Fsp3) is 0.0667. The van der Waals surface area contributed by atoms with E-state index in [2.05, 4.69) is 11.8 Å². The van der Waals surface area contributed by atoms with Crippen molar-refractivity contribution in [3.8, 4) is 11.8 Å². The zero-order valence-corrected chi connectivity index (χ0v) is 10.5. The number of hydrogen-bond donors (Lipinski definition) is 1. The second-order valence-corrected chi connectivity index (χ2v) is 3.62. The summed E-state index contributed by atoms with van der Waals surface area (Å²) < 4.78 is 12.7. The monoisotopic (exact) mass is 261 g/mol. The molecule has 2 N–H and O–H groups in total. The topological polar surface area (TPSA) is 26.0 Å². The summed E-state index contributed by atoms with van der Waals surface area (Å²) in [6.07, 6.45) is 0. The van der Waals surface area contributed by atoms with Crippen LogP contribution in [0.5, 0.6) is 0 Å². The van der Waals surface area contributed by atoms with Crippen molar-refractivity contribution in [2.24, 2.45) is 5.73 Å². The summed E-state index contributed by atoms with van der Waals surface area (Å²) in [6.45, 7) is 0.467. The van der Waals surface area contributed by atoms with E-state index in [1.165, 1.54) is 12.1 Å². The molecule has 0 saturated heterocycles. The average molecular weight is 262 g/mol. The van der Waals surface area contributed by atoms with Crippen molar-refractivity contribution in [2.75, 3.05) is 0 Å². The Kier molecular flexibility index (Phi) is 5.38. The highest BCUT2D eigenvalue weighted by atomic mass is 35.5. The standard InChI is InChI=1S/C15H12FN.ClH/c16-15-9-6-12(7-10-15)5-8-13-3-1-2-4-14(13)11-17;/h1-4,6-7,9-10H,11,17H2;1H. The van der Waals surface area contributed by atoms with Gasteiger partial charge < -0.3 is 5.73 Å². The van der Waals surface area contributed by atoms with Crippen molar-refractivity contribution in [1.82, 2.24) is 0 Å². The van der Waals surface area contributed by atoms with E-state index in [1.807, 2.05) is 24.3 Å². The first-order valence-electron chi connectivity index (χ1n) is 5.35. The lowest BCUT2D eigenvalue weighted by atomic mass is 10.1. The average Bonchev–Trinajstić information content (AvgIpc) is 2.38. The van der Waals surface area contributed by atoms with Gasteiger partial charge in [0.2, 0.25) is 0 Å². The summed E-state index contributed by atoms with van der Waals surface area (Å²) >= 11 is 0. The molecule has 0 radical (unpaired) electrons. The number of hydrogen-bond acceptors (Lipinski definition) is 1. The normalized spacial score (nSPS) is 9.00. The summed E-state index contributed by atoms with van der Waals surface area (Å²) in [5.41, 5.74) is 8.34. The van der Waals surface area contributed by atoms with Crippen molar-refractivity contribution in [2.45, 2.75) is 6.54 Å². The van der Waals surface area contributed by atoms with Crippen LogP contribution in [-0.4, -0.2) is 0 Å². The van der Waals surface area contributed by atoms with Crippen LogP contribution in [0.4, 0.5) is 4.39 Å². The van der Waals surface area contributed by atoms with E-state index in [0.717, 1.165) is 16.7 Å². The zero-order valence-electron chi connectivity index (χ0n) is 9.69. The van der Waals surface area contributed by atoms with Gasteiger partial charge in [-0.15, -0.1) is 12.4 Å². The maximum atomic E-state index is 12.7. The van der Waals surface area contributed by atoms with Crippen molar-refractivity contribution >= 4 is 12.4 Å². The highest BCUT2D eigenvalue weighted by molar-refractivity contribution is 5.85. The molecule has 18 heavy (non-hydrogen) atoms. The number of halogens is 2. The molecular formula is C15H13ClFN. The summed E-state index contributed by atoms with van der Waals surface area (Å²) in [5, 5.41) is 0. The molecule has 0 atom stereocenters. The third kappa shape index (κ3) is 3.59. The number of nitrogens with two attached hydrogens (primary N) is 1. The Morgan fingerprint density at radius 1 is 0.944 bits per heavy atom. The minimum absolute atomic E-state index is 0. The molecule has 2 aromatic rings. The quantitative estimate of drug-likeness (QED) is 0.785. The van der Waals surface area contributed by atoms with Gasteiger partial charge in [-0.2, -0.15) is 0 Å². The van der Waals surface area contributed by atoms with E-state index < -0.39 is 0 Å². The van der Waals surface area contributed by atoms with Crippen molar-refractivity contribution < 1.29 is 4.39 Å². The van der Waals surface area contributed by atoms with Crippen molar-refractivity contribution in [3.05, 3.63) is 71.0 Å². The Morgan fingerprint density at radius 2 is 1.61 bits per heavy atom. The van der Waals surface area contributed by atoms with Crippen LogP contribution >= 0.6 is 12.4 Å². The molecule has 0 aliphatic heterocycles. The van der Waals surface area contributed by atoms with Crippen LogP contribution in [0.3, 0.4) is 0 Å². The lowest BCUT2D eigenvalue weighted by molar-refractivity contribution is 0.627. The van der Waals surface area contributed by atoms with Gasteiger partial charge in [0.05, 0.1) is 0 Å². The first-order chi connectivity index (χ1) is 8.29. The molecule has 0 aromatic heterocycles. The van der Waals surface area contributed by atoms with Crippen LogP contribution in [0.15, 0.2) is 48.5 Å². The smallest absolute Gasteiger partial charge is 0.123 e. The predicted molar refractivity (Wildman–Crippen MR) is 74.0 cm³/mol. The fourth-order valence-electron chi connectivity index (χ4n) is 1.49. The molecule has 2 rings (SSSR count). The fourth-order valence-corrected chi connectivity index (χ4v) is 1.49. The SMILES string of the molecule is Cl.NCc1ccccc1C#Cc1ccc(F)cc1. The highest BCUT2D eigenvalue weighted by Crippen LogP contribution is 2.07. The first-order valence-corrected chi connectivity index (χ1v) is 5.35. The molecule has 92 valence electrons. The van der Waals surface area contributed by atoms with Gasteiger partial charge in [0.15, 0.2) is 0 Å². The molecule has 0 amide bonds. The number of benzene rings is 2. The van der Waals surface area contributed by atoms with E-state index in [0.29, 0.717) is 6.54 Å². The highest BCUT2D eigenvalue weighted by Gasteiger charge is 1.95. The third-order valence-corrected chi connectivity index (χ3v) is 2.42. The van der Waals surface area contributed by atoms with Crippen LogP contribution in [0.2, 0.25) is 0 Å². The van der Waals surface area contributed by atoms with Gasteiger partial charge in [-0.1, -0.05) is 30.0 Å². The second kappa shape index (κ2) is 6.80. The van der Waals surface area contributed by atoms with Crippen LogP contribution in [0, 0.1) is 17.7 Å². The molecule has 0 fully saturated rings. The maximum Gasteiger partial charge on any atom is 0.123 e. The molecule has 0 unspecified atom stereocenters. The van der Waals surface area contributed by atoms with E-state index >= 15 is 0 Å². The molecule has 0 aliphatic rings. The van der Waals surface area contributed by atoms with Crippen molar-refractivity contribution in [3.63, 3.8) is 0 Å². The summed E-state index contributed by atoms with van der Waals surface area (Å²) in [7, 11) is 0. The van der Waals surface area contributed by atoms with E-state index in [1.54, 1.807) is 12.1 Å². The molecule has 0 aliphatic carbocycles. The summed E-state index contributed by atoms with van der Waals surface area (Å²) in [6, 6.07) is 13.9. The minimum Gasteiger partial charge on any atom is -0.326 e. The summed E-state index contributed by atoms with van der Waals surface area (Å²) in [4.78, 5) is 0. The Labute approximate surface area is 112 Å². The van der Waals surface area contributed by atoms with E-state index in [-0.39, 0.29) is 18.2 Å². The van der Waals surface area contributed by atoms with Gasteiger partial charge >= 0.3 is 0 Å². The second-order valence-electron chi connectivity index (χ2n) is 3.62. The minimum atomic E-state index is -0.252. The number of rotatable bonds is 1. The molecule has 0 bridgehead atoms. The molecular weight excluding hydrogens is 249 g/mol. The Balaban J connectivity index is 0.00000162. The van der Waals surface area contributed by atoms with Crippen molar-refractivity contribution in [1.29, 1.82) is 0 Å². The lowest BCUT2D eigenvalue weighted by Gasteiger charge is -1.99. The Hall–Kier alpha value is -1.82. The van der Waals surface area contributed by atoms with Gasteiger partial charge in [-0.3, -0.25) is 0 Å². The van der Waals surface area contributed by atoms with E-state index in [4.69, 9.17) is 5.73 Å². The van der Waals surface area contributed by atoms with Gasteiger partial charge in [0.1, 0.15) is 5.82 Å². The molecule has 0 saturated carbocycles. The zero-order chi connectivity index (χ0) is 12.1. The van der Waals surface area contributed by atoms with Gasteiger partial charge in [0, 0.05) is 17.7 Å². The summed E-state index contributed by atoms with van der Waals surface area (Å²) in [5.74, 6) is 5.79. The van der Waals surface area contributed by atoms with E-state index in [9.17, 15) is 4.39 Å². The first kappa shape index (κ1) is 14.2.